The predicted octanol–water partition coefficient (Wildman–Crippen LogP) is 2.12. The first-order valence-electron chi connectivity index (χ1n) is 6.12. The lowest BCUT2D eigenvalue weighted by atomic mass is 10.0. The zero-order valence-electron chi connectivity index (χ0n) is 10.7. The number of carbonyl (C=O) groups is 1. The Balaban J connectivity index is 2.47. The lowest BCUT2D eigenvalue weighted by molar-refractivity contribution is 0.0233. The van der Waals surface area contributed by atoms with Crippen molar-refractivity contribution in [2.45, 2.75) is 58.1 Å². The van der Waals surface area contributed by atoms with Crippen LogP contribution in [-0.4, -0.2) is 35.7 Å². The SMILES string of the molecule is CC(C)(C)OC(=O)N1CCCC[C@@H](N)CC1. The van der Waals surface area contributed by atoms with E-state index < -0.39 is 5.60 Å². The summed E-state index contributed by atoms with van der Waals surface area (Å²) in [5, 5.41) is 0. The van der Waals surface area contributed by atoms with Crippen molar-refractivity contribution < 1.29 is 9.53 Å². The van der Waals surface area contributed by atoms with Gasteiger partial charge < -0.3 is 15.4 Å². The summed E-state index contributed by atoms with van der Waals surface area (Å²) in [7, 11) is 0. The van der Waals surface area contributed by atoms with Gasteiger partial charge in [0.05, 0.1) is 0 Å². The van der Waals surface area contributed by atoms with Gasteiger partial charge in [-0.25, -0.2) is 4.79 Å². The van der Waals surface area contributed by atoms with Gasteiger partial charge in [-0.15, -0.1) is 0 Å². The third-order valence-electron chi connectivity index (χ3n) is 2.67. The average Bonchev–Trinajstić information content (AvgIpc) is 2.08. The molecule has 0 aromatic carbocycles. The van der Waals surface area contributed by atoms with Gasteiger partial charge in [0.25, 0.3) is 0 Å². The van der Waals surface area contributed by atoms with E-state index >= 15 is 0 Å². The molecule has 0 aromatic rings. The molecule has 16 heavy (non-hydrogen) atoms. The summed E-state index contributed by atoms with van der Waals surface area (Å²) in [5.41, 5.74) is 5.50. The molecule has 1 aliphatic heterocycles. The average molecular weight is 228 g/mol. The first-order chi connectivity index (χ1) is 7.38. The molecule has 0 aliphatic carbocycles. The lowest BCUT2D eigenvalue weighted by Gasteiger charge is -2.29. The second kappa shape index (κ2) is 5.53. The van der Waals surface area contributed by atoms with Crippen LogP contribution in [0.15, 0.2) is 0 Å². The maximum Gasteiger partial charge on any atom is 0.410 e. The van der Waals surface area contributed by atoms with Gasteiger partial charge in [-0.05, 0) is 40.0 Å². The number of rotatable bonds is 0. The molecule has 0 spiro atoms. The summed E-state index contributed by atoms with van der Waals surface area (Å²) in [5.74, 6) is 0. The van der Waals surface area contributed by atoms with Crippen LogP contribution in [0.5, 0.6) is 0 Å². The van der Waals surface area contributed by atoms with Crippen LogP contribution in [0, 0.1) is 0 Å². The molecule has 1 fully saturated rings. The van der Waals surface area contributed by atoms with E-state index in [1.165, 1.54) is 0 Å². The quantitative estimate of drug-likeness (QED) is 0.691. The van der Waals surface area contributed by atoms with Crippen molar-refractivity contribution in [3.8, 4) is 0 Å². The summed E-state index contributed by atoms with van der Waals surface area (Å²) in [6, 6.07) is 0.227. The minimum absolute atomic E-state index is 0.207. The number of amides is 1. The minimum atomic E-state index is -0.415. The second-order valence-corrected chi connectivity index (χ2v) is 5.51. The van der Waals surface area contributed by atoms with Crippen molar-refractivity contribution >= 4 is 6.09 Å². The van der Waals surface area contributed by atoms with Gasteiger partial charge in [0.2, 0.25) is 0 Å². The van der Waals surface area contributed by atoms with Crippen molar-refractivity contribution in [3.63, 3.8) is 0 Å². The van der Waals surface area contributed by atoms with Crippen molar-refractivity contribution in [2.75, 3.05) is 13.1 Å². The van der Waals surface area contributed by atoms with Crippen LogP contribution in [0.3, 0.4) is 0 Å². The molecule has 0 bridgehead atoms. The lowest BCUT2D eigenvalue weighted by Crippen LogP contribution is -2.41. The molecule has 1 atom stereocenters. The van der Waals surface area contributed by atoms with Gasteiger partial charge in [-0.3, -0.25) is 0 Å². The van der Waals surface area contributed by atoms with E-state index in [1.54, 1.807) is 4.90 Å². The number of ether oxygens (including phenoxy) is 1. The third kappa shape index (κ3) is 4.84. The van der Waals surface area contributed by atoms with Crippen molar-refractivity contribution in [1.82, 2.24) is 4.90 Å². The van der Waals surface area contributed by atoms with Crippen LogP contribution in [0.2, 0.25) is 0 Å². The Kier molecular flexibility index (Phi) is 4.59. The minimum Gasteiger partial charge on any atom is -0.444 e. The number of hydrogen-bond donors (Lipinski definition) is 1. The Morgan fingerprint density at radius 1 is 1.25 bits per heavy atom. The molecule has 1 heterocycles. The molecule has 1 saturated heterocycles. The van der Waals surface area contributed by atoms with E-state index in [4.69, 9.17) is 10.5 Å². The molecule has 0 radical (unpaired) electrons. The highest BCUT2D eigenvalue weighted by atomic mass is 16.6. The Morgan fingerprint density at radius 2 is 1.94 bits per heavy atom. The molecule has 0 aromatic heterocycles. The van der Waals surface area contributed by atoms with E-state index in [0.717, 1.165) is 38.8 Å². The second-order valence-electron chi connectivity index (χ2n) is 5.51. The van der Waals surface area contributed by atoms with Crippen LogP contribution < -0.4 is 5.73 Å². The largest absolute Gasteiger partial charge is 0.444 e. The maximum atomic E-state index is 11.8. The fourth-order valence-electron chi connectivity index (χ4n) is 1.80. The Bertz CT molecular complexity index is 236. The zero-order valence-corrected chi connectivity index (χ0v) is 10.7. The smallest absolute Gasteiger partial charge is 0.410 e. The maximum absolute atomic E-state index is 11.8. The van der Waals surface area contributed by atoms with E-state index in [-0.39, 0.29) is 12.1 Å². The van der Waals surface area contributed by atoms with Gasteiger partial charge in [0.1, 0.15) is 5.60 Å². The molecule has 1 rings (SSSR count). The molecule has 2 N–H and O–H groups in total. The van der Waals surface area contributed by atoms with Crippen LogP contribution in [0.25, 0.3) is 0 Å². The fraction of sp³-hybridized carbons (Fsp3) is 0.917. The zero-order chi connectivity index (χ0) is 12.2. The topological polar surface area (TPSA) is 55.6 Å². The monoisotopic (exact) mass is 228 g/mol. The fourth-order valence-corrected chi connectivity index (χ4v) is 1.80. The first kappa shape index (κ1) is 13.3. The summed E-state index contributed by atoms with van der Waals surface area (Å²) >= 11 is 0. The van der Waals surface area contributed by atoms with Crippen LogP contribution in [0.4, 0.5) is 4.79 Å². The Hall–Kier alpha value is -0.770. The standard InChI is InChI=1S/C12H24N2O2/c1-12(2,3)16-11(15)14-8-5-4-6-10(13)7-9-14/h10H,4-9,13H2,1-3H3/t10-/m1/s1. The van der Waals surface area contributed by atoms with E-state index in [0.29, 0.717) is 0 Å². The summed E-state index contributed by atoms with van der Waals surface area (Å²) in [4.78, 5) is 13.6. The number of nitrogens with two attached hydrogens (primary N) is 1. The molecule has 4 nitrogen and oxygen atoms in total. The van der Waals surface area contributed by atoms with E-state index in [2.05, 4.69) is 0 Å². The van der Waals surface area contributed by atoms with Crippen LogP contribution >= 0.6 is 0 Å². The summed E-state index contributed by atoms with van der Waals surface area (Å²) < 4.78 is 5.35. The van der Waals surface area contributed by atoms with E-state index in [1.807, 2.05) is 20.8 Å². The first-order valence-corrected chi connectivity index (χ1v) is 6.12. The number of likely N-dealkylation sites (tertiary alicyclic amines) is 1. The van der Waals surface area contributed by atoms with Gasteiger partial charge in [-0.1, -0.05) is 6.42 Å². The summed E-state index contributed by atoms with van der Waals surface area (Å²) in [6.45, 7) is 7.18. The van der Waals surface area contributed by atoms with Gasteiger partial charge >= 0.3 is 6.09 Å². The molecule has 94 valence electrons. The van der Waals surface area contributed by atoms with Gasteiger partial charge in [0, 0.05) is 19.1 Å². The normalized spacial score (nSPS) is 23.5. The predicted molar refractivity (Wildman–Crippen MR) is 64.3 cm³/mol. The summed E-state index contributed by atoms with van der Waals surface area (Å²) in [6.07, 6.45) is 3.86. The molecule has 0 saturated carbocycles. The number of nitrogens with zero attached hydrogens (tertiary/aromatic N) is 1. The molecule has 1 amide bonds. The highest BCUT2D eigenvalue weighted by Crippen LogP contribution is 2.14. The van der Waals surface area contributed by atoms with Crippen molar-refractivity contribution in [3.05, 3.63) is 0 Å². The highest BCUT2D eigenvalue weighted by molar-refractivity contribution is 5.68. The number of hydrogen-bond acceptors (Lipinski definition) is 3. The van der Waals surface area contributed by atoms with Gasteiger partial charge in [0.15, 0.2) is 0 Å². The van der Waals surface area contributed by atoms with Crippen LogP contribution in [-0.2, 0) is 4.74 Å². The molecule has 0 unspecified atom stereocenters. The van der Waals surface area contributed by atoms with Crippen molar-refractivity contribution in [2.24, 2.45) is 5.73 Å². The Morgan fingerprint density at radius 3 is 2.56 bits per heavy atom. The number of carbonyl (C=O) groups excluding carboxylic acids is 1. The van der Waals surface area contributed by atoms with Gasteiger partial charge in [-0.2, -0.15) is 0 Å². The molecular formula is C12H24N2O2. The van der Waals surface area contributed by atoms with E-state index in [9.17, 15) is 4.79 Å². The molecule has 4 heteroatoms. The Labute approximate surface area is 98.1 Å². The van der Waals surface area contributed by atoms with Crippen molar-refractivity contribution in [1.29, 1.82) is 0 Å². The highest BCUT2D eigenvalue weighted by Gasteiger charge is 2.23. The van der Waals surface area contributed by atoms with Crippen LogP contribution in [0.1, 0.15) is 46.5 Å². The molecule has 1 aliphatic rings. The molecular weight excluding hydrogens is 204 g/mol. The third-order valence-corrected chi connectivity index (χ3v) is 2.67.